The van der Waals surface area contributed by atoms with Crippen molar-refractivity contribution in [2.75, 3.05) is 6.61 Å². The lowest BCUT2D eigenvalue weighted by Crippen LogP contribution is -2.39. The van der Waals surface area contributed by atoms with Gasteiger partial charge in [0.15, 0.2) is 0 Å². The van der Waals surface area contributed by atoms with E-state index in [0.717, 1.165) is 12.1 Å². The lowest BCUT2D eigenvalue weighted by atomic mass is 10.3. The number of halogens is 1. The van der Waals surface area contributed by atoms with Crippen molar-refractivity contribution in [3.8, 4) is 0 Å². The van der Waals surface area contributed by atoms with E-state index in [9.17, 15) is 12.8 Å². The zero-order valence-electron chi connectivity index (χ0n) is 8.48. The molecule has 0 aromatic heterocycles. The van der Waals surface area contributed by atoms with Crippen LogP contribution in [0.4, 0.5) is 4.39 Å². The standard InChI is InChI=1S/C10H12FNO3S/c11-8-1-3-9(4-2-8)16(14,15)12-10(7-13)5-6-10/h1-4,12-13H,5-7H2. The molecule has 0 unspecified atom stereocenters. The summed E-state index contributed by atoms with van der Waals surface area (Å²) < 4.78 is 38.7. The minimum atomic E-state index is -3.66. The average Bonchev–Trinajstić information content (AvgIpc) is 2.98. The second kappa shape index (κ2) is 3.80. The van der Waals surface area contributed by atoms with Crippen LogP contribution in [0.3, 0.4) is 0 Å². The van der Waals surface area contributed by atoms with E-state index in [-0.39, 0.29) is 11.5 Å². The maximum atomic E-state index is 12.6. The molecule has 1 fully saturated rings. The highest BCUT2D eigenvalue weighted by molar-refractivity contribution is 7.89. The number of aliphatic hydroxyl groups excluding tert-OH is 1. The first kappa shape index (κ1) is 11.5. The Labute approximate surface area is 93.2 Å². The van der Waals surface area contributed by atoms with Crippen LogP contribution in [0.25, 0.3) is 0 Å². The largest absolute Gasteiger partial charge is 0.394 e. The molecule has 0 spiro atoms. The molecule has 0 heterocycles. The number of hydrogen-bond donors (Lipinski definition) is 2. The SMILES string of the molecule is O=S(=O)(NC1(CO)CC1)c1ccc(F)cc1. The molecule has 1 saturated carbocycles. The number of benzene rings is 1. The summed E-state index contributed by atoms with van der Waals surface area (Å²) in [6.45, 7) is -0.215. The van der Waals surface area contributed by atoms with Crippen molar-refractivity contribution in [3.05, 3.63) is 30.1 Å². The van der Waals surface area contributed by atoms with Gasteiger partial charge in [-0.3, -0.25) is 0 Å². The topological polar surface area (TPSA) is 66.4 Å². The van der Waals surface area contributed by atoms with Gasteiger partial charge in [-0.1, -0.05) is 0 Å². The second-order valence-corrected chi connectivity index (χ2v) is 5.68. The summed E-state index contributed by atoms with van der Waals surface area (Å²) in [6, 6.07) is 4.58. The molecule has 0 saturated heterocycles. The Morgan fingerprint density at radius 1 is 1.31 bits per heavy atom. The van der Waals surface area contributed by atoms with E-state index in [1.165, 1.54) is 12.1 Å². The molecule has 0 atom stereocenters. The molecule has 0 amide bonds. The molecule has 0 bridgehead atoms. The van der Waals surface area contributed by atoms with Crippen LogP contribution >= 0.6 is 0 Å². The minimum Gasteiger partial charge on any atom is -0.394 e. The molecular weight excluding hydrogens is 233 g/mol. The molecule has 2 N–H and O–H groups in total. The first-order valence-electron chi connectivity index (χ1n) is 4.88. The molecule has 1 aliphatic carbocycles. The molecule has 88 valence electrons. The molecule has 6 heteroatoms. The van der Waals surface area contributed by atoms with Gasteiger partial charge in [-0.05, 0) is 37.1 Å². The summed E-state index contributed by atoms with van der Waals surface area (Å²) in [7, 11) is -3.66. The number of sulfonamides is 1. The predicted octanol–water partition coefficient (Wildman–Crippen LogP) is 0.629. The van der Waals surface area contributed by atoms with Crippen LogP contribution in [0, 0.1) is 5.82 Å². The van der Waals surface area contributed by atoms with Crippen LogP contribution < -0.4 is 4.72 Å². The van der Waals surface area contributed by atoms with Gasteiger partial charge < -0.3 is 5.11 Å². The third-order valence-electron chi connectivity index (χ3n) is 2.63. The van der Waals surface area contributed by atoms with Crippen molar-refractivity contribution in [3.63, 3.8) is 0 Å². The maximum absolute atomic E-state index is 12.6. The van der Waals surface area contributed by atoms with Gasteiger partial charge in [-0.15, -0.1) is 0 Å². The van der Waals surface area contributed by atoms with E-state index < -0.39 is 21.4 Å². The van der Waals surface area contributed by atoms with Crippen LogP contribution in [0.15, 0.2) is 29.2 Å². The molecule has 1 aromatic rings. The third-order valence-corrected chi connectivity index (χ3v) is 4.23. The minimum absolute atomic E-state index is 0.00799. The van der Waals surface area contributed by atoms with Crippen molar-refractivity contribution < 1.29 is 17.9 Å². The smallest absolute Gasteiger partial charge is 0.241 e. The first-order valence-corrected chi connectivity index (χ1v) is 6.36. The summed E-state index contributed by atoms with van der Waals surface area (Å²) >= 11 is 0. The van der Waals surface area contributed by atoms with Crippen LogP contribution in [0.1, 0.15) is 12.8 Å². The van der Waals surface area contributed by atoms with Crippen molar-refractivity contribution in [2.24, 2.45) is 0 Å². The average molecular weight is 245 g/mol. The monoisotopic (exact) mass is 245 g/mol. The van der Waals surface area contributed by atoms with Crippen LogP contribution in [-0.4, -0.2) is 25.7 Å². The van der Waals surface area contributed by atoms with Gasteiger partial charge in [-0.2, -0.15) is 0 Å². The van der Waals surface area contributed by atoms with Gasteiger partial charge in [0.2, 0.25) is 10.0 Å². The van der Waals surface area contributed by atoms with E-state index in [1.54, 1.807) is 0 Å². The fraction of sp³-hybridized carbons (Fsp3) is 0.400. The highest BCUT2D eigenvalue weighted by atomic mass is 32.2. The number of hydrogen-bond acceptors (Lipinski definition) is 3. The highest BCUT2D eigenvalue weighted by Crippen LogP contribution is 2.36. The molecular formula is C10H12FNO3S. The predicted molar refractivity (Wildman–Crippen MR) is 55.8 cm³/mol. The summed E-state index contributed by atoms with van der Waals surface area (Å²) in [5.41, 5.74) is -0.701. The zero-order chi connectivity index (χ0) is 11.8. The van der Waals surface area contributed by atoms with Gasteiger partial charge in [0.1, 0.15) is 5.82 Å². The van der Waals surface area contributed by atoms with Crippen LogP contribution in [-0.2, 0) is 10.0 Å². The van der Waals surface area contributed by atoms with E-state index in [0.29, 0.717) is 12.8 Å². The van der Waals surface area contributed by atoms with E-state index >= 15 is 0 Å². The number of aliphatic hydroxyl groups is 1. The molecule has 1 aromatic carbocycles. The van der Waals surface area contributed by atoms with Crippen molar-refractivity contribution in [1.82, 2.24) is 4.72 Å². The summed E-state index contributed by atoms with van der Waals surface area (Å²) in [5, 5.41) is 9.02. The molecule has 0 aliphatic heterocycles. The summed E-state index contributed by atoms with van der Waals surface area (Å²) in [5.74, 6) is -0.484. The Balaban J connectivity index is 2.22. The Bertz CT molecular complexity index is 479. The van der Waals surface area contributed by atoms with Crippen molar-refractivity contribution >= 4 is 10.0 Å². The first-order chi connectivity index (χ1) is 7.47. The normalized spacial score (nSPS) is 18.4. The molecule has 4 nitrogen and oxygen atoms in total. The van der Waals surface area contributed by atoms with Gasteiger partial charge in [0, 0.05) is 0 Å². The Kier molecular flexibility index (Phi) is 2.73. The van der Waals surface area contributed by atoms with Crippen molar-refractivity contribution in [1.29, 1.82) is 0 Å². The lowest BCUT2D eigenvalue weighted by molar-refractivity contribution is 0.246. The van der Waals surface area contributed by atoms with E-state index in [1.807, 2.05) is 0 Å². The van der Waals surface area contributed by atoms with E-state index in [2.05, 4.69) is 4.72 Å². The summed E-state index contributed by atoms with van der Waals surface area (Å²) in [6.07, 6.45) is 1.26. The second-order valence-electron chi connectivity index (χ2n) is 4.00. The number of rotatable bonds is 4. The van der Waals surface area contributed by atoms with E-state index in [4.69, 9.17) is 5.11 Å². The lowest BCUT2D eigenvalue weighted by Gasteiger charge is -2.14. The summed E-state index contributed by atoms with van der Waals surface area (Å²) in [4.78, 5) is 0.00799. The Morgan fingerprint density at radius 2 is 1.88 bits per heavy atom. The number of nitrogens with one attached hydrogen (secondary N) is 1. The maximum Gasteiger partial charge on any atom is 0.241 e. The fourth-order valence-electron chi connectivity index (χ4n) is 1.40. The highest BCUT2D eigenvalue weighted by Gasteiger charge is 2.45. The van der Waals surface area contributed by atoms with Gasteiger partial charge >= 0.3 is 0 Å². The third kappa shape index (κ3) is 2.23. The Morgan fingerprint density at radius 3 is 2.31 bits per heavy atom. The zero-order valence-corrected chi connectivity index (χ0v) is 9.30. The molecule has 1 aliphatic rings. The fourth-order valence-corrected chi connectivity index (χ4v) is 2.85. The molecule has 16 heavy (non-hydrogen) atoms. The Hall–Kier alpha value is -0.980. The molecule has 0 radical (unpaired) electrons. The van der Waals surface area contributed by atoms with Crippen molar-refractivity contribution in [2.45, 2.75) is 23.3 Å². The molecule has 2 rings (SSSR count). The van der Waals surface area contributed by atoms with Crippen LogP contribution in [0.2, 0.25) is 0 Å². The van der Waals surface area contributed by atoms with Gasteiger partial charge in [0.05, 0.1) is 17.0 Å². The van der Waals surface area contributed by atoms with Crippen LogP contribution in [0.5, 0.6) is 0 Å². The quantitative estimate of drug-likeness (QED) is 0.817. The van der Waals surface area contributed by atoms with Gasteiger partial charge in [-0.25, -0.2) is 17.5 Å². The van der Waals surface area contributed by atoms with Gasteiger partial charge in [0.25, 0.3) is 0 Å².